The zero-order chi connectivity index (χ0) is 22.8. The van der Waals surface area contributed by atoms with Crippen molar-refractivity contribution in [2.75, 3.05) is 5.75 Å². The maximum Gasteiger partial charge on any atom is 0.243 e. The van der Waals surface area contributed by atoms with Crippen LogP contribution in [0.5, 0.6) is 0 Å². The maximum absolute atomic E-state index is 13.3. The quantitative estimate of drug-likeness (QED) is 0.531. The van der Waals surface area contributed by atoms with Gasteiger partial charge < -0.3 is 10.2 Å². The summed E-state index contributed by atoms with van der Waals surface area (Å²) in [4.78, 5) is 27.5. The normalized spacial score (nSPS) is 12.8. The third kappa shape index (κ3) is 7.98. The van der Waals surface area contributed by atoms with Crippen LogP contribution in [-0.2, 0) is 21.9 Å². The summed E-state index contributed by atoms with van der Waals surface area (Å²) >= 11 is 1.41. The molecule has 0 aliphatic heterocycles. The van der Waals surface area contributed by atoms with Gasteiger partial charge in [0.2, 0.25) is 11.8 Å². The molecular formula is C24H30F2N2O2S. The van der Waals surface area contributed by atoms with Crippen molar-refractivity contribution < 1.29 is 18.4 Å². The van der Waals surface area contributed by atoms with Crippen LogP contribution in [0, 0.1) is 11.6 Å². The summed E-state index contributed by atoms with van der Waals surface area (Å²) in [7, 11) is 0. The molecule has 31 heavy (non-hydrogen) atoms. The smallest absolute Gasteiger partial charge is 0.243 e. The molecule has 0 aliphatic rings. The Bertz CT molecular complexity index is 844. The first-order chi connectivity index (χ1) is 14.8. The summed E-state index contributed by atoms with van der Waals surface area (Å²) in [5.41, 5.74) is 1.68. The molecule has 0 radical (unpaired) electrons. The van der Waals surface area contributed by atoms with Gasteiger partial charge >= 0.3 is 0 Å². The van der Waals surface area contributed by atoms with Gasteiger partial charge in [-0.25, -0.2) is 8.78 Å². The molecule has 0 bridgehead atoms. The lowest BCUT2D eigenvalue weighted by Gasteiger charge is -2.31. The van der Waals surface area contributed by atoms with E-state index >= 15 is 0 Å². The van der Waals surface area contributed by atoms with Crippen LogP contribution in [0.15, 0.2) is 48.5 Å². The Morgan fingerprint density at radius 1 is 0.935 bits per heavy atom. The number of nitrogens with zero attached hydrogens (tertiary/aromatic N) is 1. The van der Waals surface area contributed by atoms with Crippen molar-refractivity contribution >= 4 is 23.6 Å². The molecule has 2 aromatic carbocycles. The number of amides is 2. The van der Waals surface area contributed by atoms with Gasteiger partial charge in [0.05, 0.1) is 5.75 Å². The molecule has 2 rings (SSSR count). The molecule has 0 heterocycles. The number of halogens is 2. The van der Waals surface area contributed by atoms with E-state index < -0.39 is 6.04 Å². The molecule has 0 saturated heterocycles. The highest BCUT2D eigenvalue weighted by Gasteiger charge is 2.29. The van der Waals surface area contributed by atoms with Gasteiger partial charge in [-0.15, -0.1) is 11.8 Å². The predicted molar refractivity (Wildman–Crippen MR) is 121 cm³/mol. The van der Waals surface area contributed by atoms with Crippen molar-refractivity contribution in [2.45, 2.75) is 58.0 Å². The molecule has 0 saturated carbocycles. The fourth-order valence-electron chi connectivity index (χ4n) is 3.07. The van der Waals surface area contributed by atoms with E-state index in [0.29, 0.717) is 12.2 Å². The summed E-state index contributed by atoms with van der Waals surface area (Å²) in [6.45, 7) is 6.01. The van der Waals surface area contributed by atoms with Crippen molar-refractivity contribution in [1.82, 2.24) is 10.2 Å². The van der Waals surface area contributed by atoms with Crippen LogP contribution in [0.3, 0.4) is 0 Å². The molecule has 0 aromatic heterocycles. The van der Waals surface area contributed by atoms with Crippen molar-refractivity contribution in [3.63, 3.8) is 0 Å². The number of nitrogens with one attached hydrogen (secondary N) is 1. The average Bonchev–Trinajstić information content (AvgIpc) is 2.76. The Hall–Kier alpha value is -2.41. The maximum atomic E-state index is 13.3. The first kappa shape index (κ1) is 24.9. The van der Waals surface area contributed by atoms with Crippen LogP contribution >= 0.6 is 11.8 Å². The number of benzene rings is 2. The van der Waals surface area contributed by atoms with E-state index in [9.17, 15) is 18.4 Å². The van der Waals surface area contributed by atoms with Crippen LogP contribution in [0.2, 0.25) is 0 Å². The van der Waals surface area contributed by atoms with Gasteiger partial charge in [0, 0.05) is 18.3 Å². The Balaban J connectivity index is 2.12. The van der Waals surface area contributed by atoms with E-state index in [1.54, 1.807) is 29.2 Å². The molecule has 0 unspecified atom stereocenters. The minimum atomic E-state index is -0.613. The van der Waals surface area contributed by atoms with Crippen LogP contribution in [0.1, 0.15) is 44.7 Å². The first-order valence-electron chi connectivity index (χ1n) is 10.5. The summed E-state index contributed by atoms with van der Waals surface area (Å²) < 4.78 is 26.4. The molecular weight excluding hydrogens is 418 g/mol. The third-order valence-electron chi connectivity index (χ3n) is 5.06. The highest BCUT2D eigenvalue weighted by molar-refractivity contribution is 7.99. The van der Waals surface area contributed by atoms with Gasteiger partial charge in [-0.2, -0.15) is 0 Å². The number of hydrogen-bond acceptors (Lipinski definition) is 3. The van der Waals surface area contributed by atoms with E-state index in [-0.39, 0.29) is 41.8 Å². The van der Waals surface area contributed by atoms with Crippen LogP contribution in [0.4, 0.5) is 8.78 Å². The van der Waals surface area contributed by atoms with E-state index in [0.717, 1.165) is 17.5 Å². The number of hydrogen-bond donors (Lipinski definition) is 1. The number of thioether (sulfide) groups is 1. The Morgan fingerprint density at radius 2 is 1.48 bits per heavy atom. The molecule has 2 atom stereocenters. The molecule has 0 fully saturated rings. The highest BCUT2D eigenvalue weighted by atomic mass is 32.2. The Kier molecular flexibility index (Phi) is 9.98. The molecule has 4 nitrogen and oxygen atoms in total. The topological polar surface area (TPSA) is 49.4 Å². The molecule has 7 heteroatoms. The van der Waals surface area contributed by atoms with Gasteiger partial charge in [-0.1, -0.05) is 38.1 Å². The molecule has 2 amide bonds. The van der Waals surface area contributed by atoms with Gasteiger partial charge in [0.1, 0.15) is 17.7 Å². The van der Waals surface area contributed by atoms with Gasteiger partial charge in [-0.3, -0.25) is 9.59 Å². The Labute approximate surface area is 187 Å². The molecule has 0 spiro atoms. The fourth-order valence-corrected chi connectivity index (χ4v) is 3.94. The minimum Gasteiger partial charge on any atom is -0.352 e. The van der Waals surface area contributed by atoms with E-state index in [4.69, 9.17) is 0 Å². The second-order valence-electron chi connectivity index (χ2n) is 7.51. The second-order valence-corrected chi connectivity index (χ2v) is 8.49. The van der Waals surface area contributed by atoms with E-state index in [1.165, 1.54) is 36.0 Å². The largest absolute Gasteiger partial charge is 0.352 e. The van der Waals surface area contributed by atoms with Crippen LogP contribution < -0.4 is 5.32 Å². The molecule has 1 N–H and O–H groups in total. The lowest BCUT2D eigenvalue weighted by Crippen LogP contribution is -2.51. The minimum absolute atomic E-state index is 0.0113. The lowest BCUT2D eigenvalue weighted by molar-refractivity contribution is -0.139. The van der Waals surface area contributed by atoms with E-state index in [2.05, 4.69) is 5.32 Å². The zero-order valence-corrected chi connectivity index (χ0v) is 19.1. The van der Waals surface area contributed by atoms with Crippen LogP contribution in [-0.4, -0.2) is 34.6 Å². The molecule has 168 valence electrons. The van der Waals surface area contributed by atoms with Crippen molar-refractivity contribution in [1.29, 1.82) is 0 Å². The fraction of sp³-hybridized carbons (Fsp3) is 0.417. The number of rotatable bonds is 11. The van der Waals surface area contributed by atoms with Crippen LogP contribution in [0.25, 0.3) is 0 Å². The lowest BCUT2D eigenvalue weighted by atomic mass is 10.1. The summed E-state index contributed by atoms with van der Waals surface area (Å²) in [6, 6.07) is 11.5. The van der Waals surface area contributed by atoms with Crippen molar-refractivity contribution in [3.8, 4) is 0 Å². The monoisotopic (exact) mass is 448 g/mol. The first-order valence-corrected chi connectivity index (χ1v) is 11.7. The van der Waals surface area contributed by atoms with Gasteiger partial charge in [0.15, 0.2) is 0 Å². The number of carbonyl (C=O) groups excluding carboxylic acids is 2. The standard InChI is InChI=1S/C24H30F2N2O2S/c1-4-17(3)27-24(30)22(5-2)28(14-18-6-10-20(25)11-7-18)23(29)16-31-15-19-8-12-21(26)13-9-19/h6-13,17,22H,4-5,14-16H2,1-3H3,(H,27,30)/t17-,22+/m1/s1. The van der Waals surface area contributed by atoms with Gasteiger partial charge in [0.25, 0.3) is 0 Å². The summed E-state index contributed by atoms with van der Waals surface area (Å²) in [5, 5.41) is 2.96. The zero-order valence-electron chi connectivity index (χ0n) is 18.2. The average molecular weight is 449 g/mol. The van der Waals surface area contributed by atoms with Gasteiger partial charge in [-0.05, 0) is 55.2 Å². The molecule has 2 aromatic rings. The molecule has 0 aliphatic carbocycles. The van der Waals surface area contributed by atoms with E-state index in [1.807, 2.05) is 20.8 Å². The van der Waals surface area contributed by atoms with Crippen molar-refractivity contribution in [2.24, 2.45) is 0 Å². The summed E-state index contributed by atoms with van der Waals surface area (Å²) in [5.74, 6) is -0.248. The SMILES string of the molecule is CC[C@@H](C)NC(=O)[C@H](CC)N(Cc1ccc(F)cc1)C(=O)CSCc1ccc(F)cc1. The predicted octanol–water partition coefficient (Wildman–Crippen LogP) is 4.92. The summed E-state index contributed by atoms with van der Waals surface area (Å²) in [6.07, 6.45) is 1.26. The highest BCUT2D eigenvalue weighted by Crippen LogP contribution is 2.18. The van der Waals surface area contributed by atoms with Crippen molar-refractivity contribution in [3.05, 3.63) is 71.3 Å². The number of carbonyl (C=O) groups is 2. The second kappa shape index (κ2) is 12.4. The third-order valence-corrected chi connectivity index (χ3v) is 6.05. The Morgan fingerprint density at radius 3 is 2.00 bits per heavy atom.